The van der Waals surface area contributed by atoms with Gasteiger partial charge < -0.3 is 9.47 Å². The fourth-order valence-electron chi connectivity index (χ4n) is 2.99. The Morgan fingerprint density at radius 1 is 1.50 bits per heavy atom. The Balaban J connectivity index is 1.78. The molecule has 4 nitrogen and oxygen atoms in total. The summed E-state index contributed by atoms with van der Waals surface area (Å²) in [6.07, 6.45) is 6.22. The van der Waals surface area contributed by atoms with Gasteiger partial charge in [0.25, 0.3) is 0 Å². The minimum atomic E-state index is 0.601. The SMILES string of the molecule is COCc1cncc2c1CCN([C@H]1CCOC1)C2. The number of pyridine rings is 1. The zero-order chi connectivity index (χ0) is 12.4. The van der Waals surface area contributed by atoms with E-state index in [1.807, 2.05) is 12.4 Å². The smallest absolute Gasteiger partial charge is 0.0730 e. The molecule has 4 heteroatoms. The first-order chi connectivity index (χ1) is 8.88. The molecule has 2 aliphatic heterocycles. The van der Waals surface area contributed by atoms with E-state index in [-0.39, 0.29) is 0 Å². The van der Waals surface area contributed by atoms with E-state index in [4.69, 9.17) is 9.47 Å². The fraction of sp³-hybridized carbons (Fsp3) is 0.643. The number of rotatable bonds is 3. The molecule has 0 bridgehead atoms. The van der Waals surface area contributed by atoms with Crippen molar-refractivity contribution in [3.63, 3.8) is 0 Å². The number of ether oxygens (including phenoxy) is 2. The third-order valence-corrected chi connectivity index (χ3v) is 3.98. The molecule has 1 aromatic heterocycles. The molecule has 1 saturated heterocycles. The summed E-state index contributed by atoms with van der Waals surface area (Å²) in [4.78, 5) is 6.88. The summed E-state index contributed by atoms with van der Waals surface area (Å²) in [7, 11) is 1.74. The highest BCUT2D eigenvalue weighted by Crippen LogP contribution is 2.25. The van der Waals surface area contributed by atoms with Crippen LogP contribution < -0.4 is 0 Å². The van der Waals surface area contributed by atoms with Crippen molar-refractivity contribution in [2.24, 2.45) is 0 Å². The Bertz CT molecular complexity index is 416. The molecule has 0 radical (unpaired) electrons. The zero-order valence-corrected chi connectivity index (χ0v) is 10.9. The fourth-order valence-corrected chi connectivity index (χ4v) is 2.99. The van der Waals surface area contributed by atoms with E-state index in [1.54, 1.807) is 7.11 Å². The van der Waals surface area contributed by atoms with Gasteiger partial charge in [0.05, 0.1) is 13.2 Å². The Kier molecular flexibility index (Phi) is 3.59. The molecule has 2 aliphatic rings. The summed E-state index contributed by atoms with van der Waals surface area (Å²) in [6, 6.07) is 0.601. The van der Waals surface area contributed by atoms with Crippen LogP contribution in [0.5, 0.6) is 0 Å². The molecule has 1 fully saturated rings. The standard InChI is InChI=1S/C14H20N2O2/c1-17-9-12-7-15-6-11-8-16(4-2-14(11)12)13-3-5-18-10-13/h6-7,13H,2-5,8-10H2,1H3/t13-/m0/s1. The molecule has 0 aliphatic carbocycles. The summed E-state index contributed by atoms with van der Waals surface area (Å²) in [6.45, 7) is 4.61. The van der Waals surface area contributed by atoms with Crippen molar-refractivity contribution < 1.29 is 9.47 Å². The number of fused-ring (bicyclic) bond motifs is 1. The lowest BCUT2D eigenvalue weighted by atomic mass is 9.96. The van der Waals surface area contributed by atoms with Gasteiger partial charge in [-0.2, -0.15) is 0 Å². The lowest BCUT2D eigenvalue weighted by Gasteiger charge is -2.33. The second-order valence-corrected chi connectivity index (χ2v) is 5.11. The van der Waals surface area contributed by atoms with Gasteiger partial charge in [-0.05, 0) is 29.5 Å². The maximum absolute atomic E-state index is 5.48. The average Bonchev–Trinajstić information content (AvgIpc) is 2.93. The van der Waals surface area contributed by atoms with E-state index in [2.05, 4.69) is 9.88 Å². The van der Waals surface area contributed by atoms with Crippen molar-refractivity contribution >= 4 is 0 Å². The number of aromatic nitrogens is 1. The minimum Gasteiger partial charge on any atom is -0.380 e. The first-order valence-corrected chi connectivity index (χ1v) is 6.64. The first-order valence-electron chi connectivity index (χ1n) is 6.64. The van der Waals surface area contributed by atoms with Crippen LogP contribution in [0.1, 0.15) is 23.1 Å². The van der Waals surface area contributed by atoms with Gasteiger partial charge in [-0.1, -0.05) is 0 Å². The van der Waals surface area contributed by atoms with Crippen molar-refractivity contribution in [1.29, 1.82) is 0 Å². The number of hydrogen-bond acceptors (Lipinski definition) is 4. The van der Waals surface area contributed by atoms with Gasteiger partial charge in [0.1, 0.15) is 0 Å². The molecule has 18 heavy (non-hydrogen) atoms. The minimum absolute atomic E-state index is 0.601. The molecular formula is C14H20N2O2. The van der Waals surface area contributed by atoms with Crippen molar-refractivity contribution in [3.8, 4) is 0 Å². The Hall–Kier alpha value is -0.970. The third kappa shape index (κ3) is 2.28. The second-order valence-electron chi connectivity index (χ2n) is 5.11. The van der Waals surface area contributed by atoms with E-state index in [0.717, 1.165) is 32.7 Å². The van der Waals surface area contributed by atoms with Crippen LogP contribution in [0.4, 0.5) is 0 Å². The van der Waals surface area contributed by atoms with Crippen LogP contribution in [0.3, 0.4) is 0 Å². The highest BCUT2D eigenvalue weighted by Gasteiger charge is 2.27. The van der Waals surface area contributed by atoms with E-state index in [0.29, 0.717) is 12.6 Å². The lowest BCUT2D eigenvalue weighted by Crippen LogP contribution is -2.40. The van der Waals surface area contributed by atoms with Crippen LogP contribution in [0.25, 0.3) is 0 Å². The number of hydrogen-bond donors (Lipinski definition) is 0. The molecule has 0 saturated carbocycles. The highest BCUT2D eigenvalue weighted by molar-refractivity contribution is 5.33. The maximum Gasteiger partial charge on any atom is 0.0730 e. The molecular weight excluding hydrogens is 228 g/mol. The van der Waals surface area contributed by atoms with Crippen LogP contribution in [0, 0.1) is 0 Å². The van der Waals surface area contributed by atoms with Crippen LogP contribution in [0.2, 0.25) is 0 Å². The number of methoxy groups -OCH3 is 1. The molecule has 98 valence electrons. The van der Waals surface area contributed by atoms with E-state index in [9.17, 15) is 0 Å². The van der Waals surface area contributed by atoms with Gasteiger partial charge >= 0.3 is 0 Å². The summed E-state index contributed by atoms with van der Waals surface area (Å²) >= 11 is 0. The predicted octanol–water partition coefficient (Wildman–Crippen LogP) is 1.38. The monoisotopic (exact) mass is 248 g/mol. The topological polar surface area (TPSA) is 34.6 Å². The predicted molar refractivity (Wildman–Crippen MR) is 68.3 cm³/mol. The third-order valence-electron chi connectivity index (χ3n) is 3.98. The average molecular weight is 248 g/mol. The normalized spacial score (nSPS) is 24.2. The molecule has 1 atom stereocenters. The molecule has 0 N–H and O–H groups in total. The Morgan fingerprint density at radius 2 is 2.44 bits per heavy atom. The lowest BCUT2D eigenvalue weighted by molar-refractivity contribution is 0.133. The summed E-state index contributed by atoms with van der Waals surface area (Å²) in [5, 5.41) is 0. The summed E-state index contributed by atoms with van der Waals surface area (Å²) < 4.78 is 10.7. The molecule has 1 aromatic rings. The van der Waals surface area contributed by atoms with Gasteiger partial charge in [0.2, 0.25) is 0 Å². The van der Waals surface area contributed by atoms with Crippen LogP contribution in [0.15, 0.2) is 12.4 Å². The molecule has 0 aromatic carbocycles. The summed E-state index contributed by atoms with van der Waals surface area (Å²) in [5.41, 5.74) is 4.06. The van der Waals surface area contributed by atoms with Crippen molar-refractivity contribution in [2.75, 3.05) is 26.9 Å². The van der Waals surface area contributed by atoms with Crippen LogP contribution in [-0.4, -0.2) is 42.8 Å². The van der Waals surface area contributed by atoms with Gasteiger partial charge in [0.15, 0.2) is 0 Å². The van der Waals surface area contributed by atoms with Crippen molar-refractivity contribution in [2.45, 2.75) is 32.0 Å². The first kappa shape index (κ1) is 12.1. The van der Waals surface area contributed by atoms with Gasteiger partial charge in [-0.25, -0.2) is 0 Å². The molecule has 3 heterocycles. The van der Waals surface area contributed by atoms with Crippen molar-refractivity contribution in [3.05, 3.63) is 29.1 Å². The molecule has 3 rings (SSSR count). The maximum atomic E-state index is 5.48. The second kappa shape index (κ2) is 5.34. The Morgan fingerprint density at radius 3 is 3.22 bits per heavy atom. The molecule has 0 amide bonds. The number of nitrogens with zero attached hydrogens (tertiary/aromatic N) is 2. The zero-order valence-electron chi connectivity index (χ0n) is 10.9. The van der Waals surface area contributed by atoms with E-state index >= 15 is 0 Å². The quantitative estimate of drug-likeness (QED) is 0.809. The van der Waals surface area contributed by atoms with Crippen molar-refractivity contribution in [1.82, 2.24) is 9.88 Å². The molecule has 0 spiro atoms. The molecule has 0 unspecified atom stereocenters. The summed E-state index contributed by atoms with van der Waals surface area (Å²) in [5.74, 6) is 0. The van der Waals surface area contributed by atoms with Crippen LogP contribution >= 0.6 is 0 Å². The largest absolute Gasteiger partial charge is 0.380 e. The Labute approximate surface area is 108 Å². The van der Waals surface area contributed by atoms with E-state index in [1.165, 1.54) is 23.1 Å². The van der Waals surface area contributed by atoms with Gasteiger partial charge in [0, 0.05) is 45.2 Å². The highest BCUT2D eigenvalue weighted by atomic mass is 16.5. The van der Waals surface area contributed by atoms with E-state index < -0.39 is 0 Å². The van der Waals surface area contributed by atoms with Crippen LogP contribution in [-0.2, 0) is 29.0 Å². The van der Waals surface area contributed by atoms with Gasteiger partial charge in [-0.15, -0.1) is 0 Å². The van der Waals surface area contributed by atoms with Gasteiger partial charge in [-0.3, -0.25) is 9.88 Å².